The predicted octanol–water partition coefficient (Wildman–Crippen LogP) is -0.783. The highest BCUT2D eigenvalue weighted by Gasteiger charge is 2.50. The van der Waals surface area contributed by atoms with Crippen LogP contribution in [-0.2, 0) is 14.3 Å². The van der Waals surface area contributed by atoms with E-state index in [2.05, 4.69) is 0 Å². The molecule has 0 bridgehead atoms. The molecule has 0 spiro atoms. The maximum atomic E-state index is 12.1. The molecule has 3 atom stereocenters. The number of aliphatic hydroxyl groups excluding tert-OH is 1. The predicted molar refractivity (Wildman–Crippen MR) is 61.0 cm³/mol. The van der Waals surface area contributed by atoms with Gasteiger partial charge in [-0.05, 0) is 11.6 Å². The van der Waals surface area contributed by atoms with Gasteiger partial charge in [0.1, 0.15) is 6.04 Å². The minimum absolute atomic E-state index is 0.0659. The summed E-state index contributed by atoms with van der Waals surface area (Å²) in [6.07, 6.45) is 4.01. The van der Waals surface area contributed by atoms with Crippen LogP contribution < -0.4 is 0 Å². The van der Waals surface area contributed by atoms with Crippen LogP contribution >= 0.6 is 0 Å². The fourth-order valence-electron chi connectivity index (χ4n) is 2.83. The molecular weight excluding hydrogens is 236 g/mol. The standard InChI is InChI=1S/C12H14N2O4/c1-13-5-10(16)14-8(12(13)17)4-7-6-18-3-2-9(15)11(7)14/h2-3,6,8-9,11,15H,4-5H2,1H3/t8-,9+,11-/m0/s1. The Balaban J connectivity index is 2.00. The summed E-state index contributed by atoms with van der Waals surface area (Å²) in [6.45, 7) is 0.0659. The molecule has 1 N–H and O–H groups in total. The SMILES string of the molecule is CN1CC(=O)N2[C@@H](CC3=COC=C[C@@H](O)[C@H]32)C1=O. The summed E-state index contributed by atoms with van der Waals surface area (Å²) in [6, 6.07) is -0.976. The van der Waals surface area contributed by atoms with Crippen molar-refractivity contribution >= 4 is 11.8 Å². The van der Waals surface area contributed by atoms with Crippen LogP contribution in [0, 0.1) is 0 Å². The molecule has 3 heterocycles. The van der Waals surface area contributed by atoms with Crippen molar-refractivity contribution < 1.29 is 19.4 Å². The molecule has 0 aromatic carbocycles. The van der Waals surface area contributed by atoms with Crippen LogP contribution in [0.25, 0.3) is 0 Å². The molecule has 2 saturated heterocycles. The van der Waals surface area contributed by atoms with Crippen LogP contribution in [0.15, 0.2) is 24.2 Å². The quantitative estimate of drug-likeness (QED) is 0.612. The van der Waals surface area contributed by atoms with E-state index in [1.54, 1.807) is 7.05 Å². The van der Waals surface area contributed by atoms with E-state index in [4.69, 9.17) is 4.74 Å². The van der Waals surface area contributed by atoms with Crippen molar-refractivity contribution in [3.8, 4) is 0 Å². The van der Waals surface area contributed by atoms with Crippen molar-refractivity contribution in [1.29, 1.82) is 0 Å². The number of piperazine rings is 1. The molecule has 0 unspecified atom stereocenters. The Bertz CT molecular complexity index is 471. The Morgan fingerprint density at radius 1 is 1.44 bits per heavy atom. The molecule has 2 amide bonds. The second kappa shape index (κ2) is 3.84. The van der Waals surface area contributed by atoms with Crippen molar-refractivity contribution in [1.82, 2.24) is 9.80 Å². The molecule has 6 heteroatoms. The monoisotopic (exact) mass is 250 g/mol. The summed E-state index contributed by atoms with van der Waals surface area (Å²) in [5, 5.41) is 10.0. The van der Waals surface area contributed by atoms with Crippen molar-refractivity contribution in [2.45, 2.75) is 24.6 Å². The third-order valence-electron chi connectivity index (χ3n) is 3.66. The molecule has 3 aliphatic rings. The van der Waals surface area contributed by atoms with Gasteiger partial charge in [0.15, 0.2) is 0 Å². The molecule has 2 fully saturated rings. The van der Waals surface area contributed by atoms with Crippen molar-refractivity contribution in [2.75, 3.05) is 13.6 Å². The van der Waals surface area contributed by atoms with E-state index in [1.807, 2.05) is 0 Å². The smallest absolute Gasteiger partial charge is 0.245 e. The van der Waals surface area contributed by atoms with Gasteiger partial charge < -0.3 is 19.6 Å². The zero-order valence-corrected chi connectivity index (χ0v) is 9.94. The van der Waals surface area contributed by atoms with Crippen LogP contribution in [0.3, 0.4) is 0 Å². The number of fused-ring (bicyclic) bond motifs is 3. The third-order valence-corrected chi connectivity index (χ3v) is 3.66. The lowest BCUT2D eigenvalue weighted by atomic mass is 10.0. The molecule has 0 aromatic heterocycles. The molecule has 3 aliphatic heterocycles. The number of rotatable bonds is 0. The van der Waals surface area contributed by atoms with Gasteiger partial charge in [0.25, 0.3) is 0 Å². The van der Waals surface area contributed by atoms with Gasteiger partial charge in [-0.2, -0.15) is 0 Å². The van der Waals surface area contributed by atoms with E-state index < -0.39 is 18.2 Å². The minimum Gasteiger partial charge on any atom is -0.473 e. The zero-order valence-electron chi connectivity index (χ0n) is 9.94. The average molecular weight is 250 g/mol. The Hall–Kier alpha value is -1.82. The molecule has 18 heavy (non-hydrogen) atoms. The third kappa shape index (κ3) is 1.45. The summed E-state index contributed by atoms with van der Waals surface area (Å²) >= 11 is 0. The number of carbonyl (C=O) groups excluding carboxylic acids is 2. The second-order valence-electron chi connectivity index (χ2n) is 4.81. The minimum atomic E-state index is -0.830. The molecule has 3 rings (SSSR count). The van der Waals surface area contributed by atoms with Gasteiger partial charge in [-0.3, -0.25) is 9.59 Å². The van der Waals surface area contributed by atoms with Gasteiger partial charge in [-0.1, -0.05) is 0 Å². The van der Waals surface area contributed by atoms with Crippen molar-refractivity contribution in [2.24, 2.45) is 0 Å². The summed E-state index contributed by atoms with van der Waals surface area (Å²) in [4.78, 5) is 27.1. The zero-order chi connectivity index (χ0) is 12.9. The van der Waals surface area contributed by atoms with E-state index >= 15 is 0 Å². The summed E-state index contributed by atoms with van der Waals surface area (Å²) in [5.41, 5.74) is 0.787. The summed E-state index contributed by atoms with van der Waals surface area (Å²) in [5.74, 6) is -0.218. The maximum absolute atomic E-state index is 12.1. The van der Waals surface area contributed by atoms with Crippen molar-refractivity contribution in [3.05, 3.63) is 24.2 Å². The van der Waals surface area contributed by atoms with Gasteiger partial charge in [0.2, 0.25) is 11.8 Å². The number of amides is 2. The summed E-state index contributed by atoms with van der Waals surface area (Å²) < 4.78 is 5.12. The van der Waals surface area contributed by atoms with Gasteiger partial charge in [0.05, 0.1) is 31.2 Å². The summed E-state index contributed by atoms with van der Waals surface area (Å²) in [7, 11) is 1.62. The Kier molecular flexibility index (Phi) is 2.41. The topological polar surface area (TPSA) is 70.1 Å². The highest BCUT2D eigenvalue weighted by Crippen LogP contribution is 2.35. The first-order chi connectivity index (χ1) is 8.59. The Labute approximate surface area is 104 Å². The highest BCUT2D eigenvalue weighted by molar-refractivity contribution is 5.96. The first kappa shape index (κ1) is 11.3. The number of ether oxygens (including phenoxy) is 1. The van der Waals surface area contributed by atoms with Crippen LogP contribution in [0.1, 0.15) is 6.42 Å². The van der Waals surface area contributed by atoms with E-state index in [1.165, 1.54) is 28.4 Å². The number of aliphatic hydroxyl groups is 1. The molecule has 0 aromatic rings. The van der Waals surface area contributed by atoms with Crippen LogP contribution in [0.4, 0.5) is 0 Å². The van der Waals surface area contributed by atoms with Gasteiger partial charge in [-0.25, -0.2) is 0 Å². The van der Waals surface area contributed by atoms with Crippen LogP contribution in [-0.4, -0.2) is 58.5 Å². The number of hydrogen-bond acceptors (Lipinski definition) is 4. The lowest BCUT2D eigenvalue weighted by Crippen LogP contribution is -2.59. The van der Waals surface area contributed by atoms with E-state index in [-0.39, 0.29) is 18.4 Å². The van der Waals surface area contributed by atoms with Crippen LogP contribution in [0.2, 0.25) is 0 Å². The first-order valence-corrected chi connectivity index (χ1v) is 5.85. The molecule has 0 saturated carbocycles. The number of hydrogen-bond donors (Lipinski definition) is 1. The molecule has 6 nitrogen and oxygen atoms in total. The Morgan fingerprint density at radius 3 is 3.00 bits per heavy atom. The molecule has 96 valence electrons. The first-order valence-electron chi connectivity index (χ1n) is 5.85. The second-order valence-corrected chi connectivity index (χ2v) is 4.81. The fraction of sp³-hybridized carbons (Fsp3) is 0.500. The average Bonchev–Trinajstić information content (AvgIpc) is 2.63. The molecule has 0 aliphatic carbocycles. The van der Waals surface area contributed by atoms with E-state index in [0.717, 1.165) is 5.57 Å². The fourth-order valence-corrected chi connectivity index (χ4v) is 2.83. The van der Waals surface area contributed by atoms with Crippen LogP contribution in [0.5, 0.6) is 0 Å². The Morgan fingerprint density at radius 2 is 2.22 bits per heavy atom. The maximum Gasteiger partial charge on any atom is 0.245 e. The molecule has 0 radical (unpaired) electrons. The lowest BCUT2D eigenvalue weighted by Gasteiger charge is -2.37. The number of likely N-dealkylation sites (N-methyl/N-ethyl adjacent to an activating group) is 1. The van der Waals surface area contributed by atoms with Gasteiger partial charge >= 0.3 is 0 Å². The largest absolute Gasteiger partial charge is 0.473 e. The molecular formula is C12H14N2O4. The highest BCUT2D eigenvalue weighted by atomic mass is 16.5. The lowest BCUT2D eigenvalue weighted by molar-refractivity contribution is -0.155. The number of carbonyl (C=O) groups is 2. The van der Waals surface area contributed by atoms with E-state index in [0.29, 0.717) is 6.42 Å². The van der Waals surface area contributed by atoms with E-state index in [9.17, 15) is 14.7 Å². The normalized spacial score (nSPS) is 34.8. The van der Waals surface area contributed by atoms with Crippen molar-refractivity contribution in [3.63, 3.8) is 0 Å². The number of nitrogens with zero attached hydrogens (tertiary/aromatic N) is 2. The van der Waals surface area contributed by atoms with Gasteiger partial charge in [0, 0.05) is 13.5 Å². The van der Waals surface area contributed by atoms with Gasteiger partial charge in [-0.15, -0.1) is 0 Å².